The zero-order valence-corrected chi connectivity index (χ0v) is 16.9. The van der Waals surface area contributed by atoms with Gasteiger partial charge in [0.25, 0.3) is 0 Å². The predicted molar refractivity (Wildman–Crippen MR) is 112 cm³/mol. The zero-order chi connectivity index (χ0) is 20.1. The number of hydrogen-bond acceptors (Lipinski definition) is 4. The van der Waals surface area contributed by atoms with Crippen LogP contribution in [0.3, 0.4) is 0 Å². The fraction of sp³-hybridized carbons (Fsp3) is 0.333. The molecule has 0 aliphatic carbocycles. The lowest BCUT2D eigenvalue weighted by molar-refractivity contribution is -0.119. The normalized spacial score (nSPS) is 17.3. The van der Waals surface area contributed by atoms with Crippen LogP contribution in [0.2, 0.25) is 0 Å². The molecule has 29 heavy (non-hydrogen) atoms. The Labute approximate surface area is 172 Å². The van der Waals surface area contributed by atoms with Crippen LogP contribution in [-0.2, 0) is 26.1 Å². The summed E-state index contributed by atoms with van der Waals surface area (Å²) >= 11 is 0. The van der Waals surface area contributed by atoms with Gasteiger partial charge in [-0.05, 0) is 37.1 Å². The quantitative estimate of drug-likeness (QED) is 0.615. The van der Waals surface area contributed by atoms with Crippen LogP contribution in [0.25, 0.3) is 11.5 Å². The molecule has 1 aromatic carbocycles. The Morgan fingerprint density at radius 2 is 2.00 bits per heavy atom. The molecular weight excluding hydrogens is 388 g/mol. The third-order valence-electron chi connectivity index (χ3n) is 4.83. The first kappa shape index (κ1) is 19.6. The molecule has 1 amide bonds. The minimum Gasteiger partial charge on any atom is -0.376 e. The van der Waals surface area contributed by atoms with Gasteiger partial charge in [0.05, 0.1) is 23.7 Å². The van der Waals surface area contributed by atoms with Crippen LogP contribution >= 0.6 is 0 Å². The molecule has 152 valence electrons. The number of hydrogen-bond donors (Lipinski definition) is 1. The summed E-state index contributed by atoms with van der Waals surface area (Å²) in [5.74, 6) is 0.841. The van der Waals surface area contributed by atoms with E-state index < -0.39 is 10.8 Å². The number of nitrogens with zero attached hydrogens (tertiary/aromatic N) is 3. The molecule has 1 saturated heterocycles. The molecule has 0 saturated carbocycles. The maximum absolute atomic E-state index is 12.7. The van der Waals surface area contributed by atoms with E-state index in [0.717, 1.165) is 36.5 Å². The van der Waals surface area contributed by atoms with Gasteiger partial charge in [-0.3, -0.25) is 9.00 Å². The smallest absolute Gasteiger partial charge is 0.232 e. The van der Waals surface area contributed by atoms with Crippen molar-refractivity contribution in [2.24, 2.45) is 0 Å². The third kappa shape index (κ3) is 4.83. The number of nitrogens with one attached hydrogen (secondary N) is 1. The van der Waals surface area contributed by atoms with E-state index in [1.165, 1.54) is 0 Å². The Morgan fingerprint density at radius 3 is 2.72 bits per heavy atom. The van der Waals surface area contributed by atoms with Crippen molar-refractivity contribution in [1.82, 2.24) is 19.7 Å². The van der Waals surface area contributed by atoms with E-state index >= 15 is 0 Å². The van der Waals surface area contributed by atoms with E-state index in [2.05, 4.69) is 10.4 Å². The van der Waals surface area contributed by atoms with Crippen LogP contribution in [0.4, 0.5) is 0 Å². The maximum atomic E-state index is 12.7. The van der Waals surface area contributed by atoms with E-state index in [4.69, 9.17) is 4.74 Å². The van der Waals surface area contributed by atoms with Crippen molar-refractivity contribution in [2.75, 3.05) is 18.9 Å². The van der Waals surface area contributed by atoms with Crippen LogP contribution in [0.5, 0.6) is 0 Å². The Kier molecular flexibility index (Phi) is 6.21. The summed E-state index contributed by atoms with van der Waals surface area (Å²) in [6, 6.07) is 13.7. The van der Waals surface area contributed by atoms with Crippen LogP contribution in [0, 0.1) is 0 Å². The molecule has 4 rings (SSSR count). The summed E-state index contributed by atoms with van der Waals surface area (Å²) in [4.78, 5) is 12.2. The zero-order valence-electron chi connectivity index (χ0n) is 16.1. The monoisotopic (exact) mass is 412 g/mol. The molecule has 1 aliphatic heterocycles. The highest BCUT2D eigenvalue weighted by Gasteiger charge is 2.19. The van der Waals surface area contributed by atoms with Gasteiger partial charge in [0.1, 0.15) is 11.6 Å². The van der Waals surface area contributed by atoms with Crippen molar-refractivity contribution < 1.29 is 13.7 Å². The molecule has 1 N–H and O–H groups in total. The summed E-state index contributed by atoms with van der Waals surface area (Å²) in [5.41, 5.74) is 1.75. The summed E-state index contributed by atoms with van der Waals surface area (Å²) in [7, 11) is -1.34. The van der Waals surface area contributed by atoms with Crippen molar-refractivity contribution in [3.05, 3.63) is 66.6 Å². The van der Waals surface area contributed by atoms with Crippen LogP contribution in [0.15, 0.2) is 61.1 Å². The van der Waals surface area contributed by atoms with E-state index in [1.54, 1.807) is 6.20 Å². The number of carbonyl (C=O) groups is 1. The van der Waals surface area contributed by atoms with Gasteiger partial charge in [-0.25, -0.2) is 4.68 Å². The molecule has 3 aromatic rings. The lowest BCUT2D eigenvalue weighted by Crippen LogP contribution is -2.34. The average molecular weight is 413 g/mol. The number of aromatic nitrogens is 3. The van der Waals surface area contributed by atoms with Gasteiger partial charge < -0.3 is 14.6 Å². The molecule has 0 radical (unpaired) electrons. The number of para-hydroxylation sites is 1. The van der Waals surface area contributed by atoms with Gasteiger partial charge in [0.2, 0.25) is 5.91 Å². The number of benzene rings is 1. The molecule has 1 fully saturated rings. The van der Waals surface area contributed by atoms with Crippen molar-refractivity contribution in [2.45, 2.75) is 24.7 Å². The highest BCUT2D eigenvalue weighted by Crippen LogP contribution is 2.21. The van der Waals surface area contributed by atoms with E-state index in [-0.39, 0.29) is 23.5 Å². The minimum absolute atomic E-state index is 0.0334. The molecule has 8 heteroatoms. The van der Waals surface area contributed by atoms with Crippen LogP contribution in [-0.4, -0.2) is 49.5 Å². The second kappa shape index (κ2) is 9.19. The van der Waals surface area contributed by atoms with Gasteiger partial charge in [0, 0.05) is 41.9 Å². The SMILES string of the molecule is O=C(C[S@@](=O)Cc1cnn(-c2ccccc2)c1-n1cccc1)NC[C@H]1CCCO1. The summed E-state index contributed by atoms with van der Waals surface area (Å²) in [5, 5.41) is 7.34. The van der Waals surface area contributed by atoms with Gasteiger partial charge in [-0.1, -0.05) is 18.2 Å². The molecule has 0 bridgehead atoms. The Bertz CT molecular complexity index is 963. The lowest BCUT2D eigenvalue weighted by Gasteiger charge is -2.12. The van der Waals surface area contributed by atoms with E-state index in [9.17, 15) is 9.00 Å². The third-order valence-corrected chi connectivity index (χ3v) is 6.04. The van der Waals surface area contributed by atoms with Crippen molar-refractivity contribution in [3.63, 3.8) is 0 Å². The Morgan fingerprint density at radius 1 is 1.21 bits per heavy atom. The van der Waals surface area contributed by atoms with E-state index in [1.807, 2.05) is 64.1 Å². The van der Waals surface area contributed by atoms with Gasteiger partial charge >= 0.3 is 0 Å². The van der Waals surface area contributed by atoms with Gasteiger partial charge in [0.15, 0.2) is 0 Å². The highest BCUT2D eigenvalue weighted by molar-refractivity contribution is 7.84. The Balaban J connectivity index is 1.46. The van der Waals surface area contributed by atoms with Gasteiger partial charge in [-0.15, -0.1) is 0 Å². The fourth-order valence-electron chi connectivity index (χ4n) is 3.44. The maximum Gasteiger partial charge on any atom is 0.232 e. The largest absolute Gasteiger partial charge is 0.376 e. The first-order valence-electron chi connectivity index (χ1n) is 9.69. The lowest BCUT2D eigenvalue weighted by atomic mass is 10.2. The summed E-state index contributed by atoms with van der Waals surface area (Å²) in [6.07, 6.45) is 7.65. The van der Waals surface area contributed by atoms with Crippen molar-refractivity contribution >= 4 is 16.7 Å². The number of rotatable bonds is 8. The molecular formula is C21H24N4O3S. The second-order valence-corrected chi connectivity index (χ2v) is 8.46. The minimum atomic E-state index is -1.34. The molecule has 3 heterocycles. The van der Waals surface area contributed by atoms with Crippen molar-refractivity contribution in [3.8, 4) is 11.5 Å². The molecule has 2 atom stereocenters. The first-order valence-corrected chi connectivity index (χ1v) is 11.2. The standard InChI is InChI=1S/C21H24N4O3S/c26-20(22-14-19-9-6-12-28-19)16-29(27)15-17-13-23-25(18-7-2-1-3-8-18)21(17)24-10-4-5-11-24/h1-5,7-8,10-11,13,19H,6,9,12,14-16H2,(H,22,26)/t19-,29+/m1/s1. The average Bonchev–Trinajstić information content (AvgIpc) is 3.48. The highest BCUT2D eigenvalue weighted by atomic mass is 32.2. The Hall–Kier alpha value is -2.71. The molecule has 0 spiro atoms. The van der Waals surface area contributed by atoms with Crippen LogP contribution in [0.1, 0.15) is 18.4 Å². The number of ether oxygens (including phenoxy) is 1. The van der Waals surface area contributed by atoms with Crippen LogP contribution < -0.4 is 5.32 Å². The van der Waals surface area contributed by atoms with Crippen molar-refractivity contribution in [1.29, 1.82) is 0 Å². The first-order chi connectivity index (χ1) is 14.2. The van der Waals surface area contributed by atoms with E-state index in [0.29, 0.717) is 6.54 Å². The fourth-order valence-corrected chi connectivity index (χ4v) is 4.49. The van der Waals surface area contributed by atoms with Gasteiger partial charge in [-0.2, -0.15) is 5.10 Å². The summed E-state index contributed by atoms with van der Waals surface area (Å²) in [6.45, 7) is 1.23. The molecule has 7 nitrogen and oxygen atoms in total. The summed E-state index contributed by atoms with van der Waals surface area (Å²) < 4.78 is 21.9. The molecule has 2 aromatic heterocycles. The predicted octanol–water partition coefficient (Wildman–Crippen LogP) is 2.21. The number of amides is 1. The molecule has 1 aliphatic rings. The topological polar surface area (TPSA) is 78.2 Å². The number of carbonyl (C=O) groups excluding carboxylic acids is 1. The second-order valence-electron chi connectivity index (χ2n) is 7.00. The molecule has 0 unspecified atom stereocenters.